The summed E-state index contributed by atoms with van der Waals surface area (Å²) in [5.74, 6) is 2.24. The predicted octanol–water partition coefficient (Wildman–Crippen LogP) is 3.78. The van der Waals surface area contributed by atoms with E-state index in [0.717, 1.165) is 42.1 Å². The second kappa shape index (κ2) is 8.73. The molecule has 0 unspecified atom stereocenters. The van der Waals surface area contributed by atoms with Crippen LogP contribution in [0, 0.1) is 0 Å². The molecule has 0 aliphatic heterocycles. The average molecular weight is 408 g/mol. The van der Waals surface area contributed by atoms with E-state index in [9.17, 15) is 4.79 Å². The minimum atomic E-state index is 0.0144. The third-order valence-electron chi connectivity index (χ3n) is 5.68. The van der Waals surface area contributed by atoms with Crippen LogP contribution in [0.25, 0.3) is 5.69 Å². The Balaban J connectivity index is 1.43. The third-order valence-corrected chi connectivity index (χ3v) is 5.68. The molecule has 7 heteroatoms. The molecule has 1 aliphatic rings. The zero-order valence-corrected chi connectivity index (χ0v) is 17.8. The Kier molecular flexibility index (Phi) is 5.88. The fraction of sp³-hybridized carbons (Fsp3) is 0.435. The summed E-state index contributed by atoms with van der Waals surface area (Å²) < 4.78 is 9.29. The highest BCUT2D eigenvalue weighted by Crippen LogP contribution is 2.31. The van der Waals surface area contributed by atoms with Crippen LogP contribution >= 0.6 is 0 Å². The van der Waals surface area contributed by atoms with E-state index in [0.29, 0.717) is 18.9 Å². The maximum atomic E-state index is 12.7. The maximum absolute atomic E-state index is 12.7. The average Bonchev–Trinajstić information content (AvgIpc) is 3.40. The topological polar surface area (TPSA) is 74.0 Å². The zero-order valence-electron chi connectivity index (χ0n) is 17.8. The first-order valence-electron chi connectivity index (χ1n) is 10.6. The SMILES string of the molecule is COc1ccc(-n2ncc3c2CCC[C@@H]3NC(=O)CCn2ccnc2C(C)C)cc1. The van der Waals surface area contributed by atoms with Gasteiger partial charge in [-0.25, -0.2) is 9.67 Å². The molecule has 1 aromatic carbocycles. The van der Waals surface area contributed by atoms with Crippen LogP contribution in [-0.4, -0.2) is 32.3 Å². The maximum Gasteiger partial charge on any atom is 0.222 e. The van der Waals surface area contributed by atoms with Crippen molar-refractivity contribution in [2.24, 2.45) is 0 Å². The minimum Gasteiger partial charge on any atom is -0.497 e. The smallest absolute Gasteiger partial charge is 0.222 e. The largest absolute Gasteiger partial charge is 0.497 e. The van der Waals surface area contributed by atoms with Crippen molar-refractivity contribution in [1.82, 2.24) is 24.6 Å². The van der Waals surface area contributed by atoms with Gasteiger partial charge in [0.05, 0.1) is 25.0 Å². The highest BCUT2D eigenvalue weighted by molar-refractivity contribution is 5.76. The lowest BCUT2D eigenvalue weighted by Gasteiger charge is -2.24. The second-order valence-corrected chi connectivity index (χ2v) is 8.05. The number of carbonyl (C=O) groups excluding carboxylic acids is 1. The van der Waals surface area contributed by atoms with Gasteiger partial charge in [0.2, 0.25) is 5.91 Å². The second-order valence-electron chi connectivity index (χ2n) is 8.05. The summed E-state index contributed by atoms with van der Waals surface area (Å²) in [5, 5.41) is 7.83. The molecule has 0 saturated heterocycles. The Morgan fingerprint density at radius 1 is 1.30 bits per heavy atom. The van der Waals surface area contributed by atoms with Crippen molar-refractivity contribution in [3.05, 3.63) is 59.9 Å². The summed E-state index contributed by atoms with van der Waals surface area (Å²) >= 11 is 0. The fourth-order valence-corrected chi connectivity index (χ4v) is 4.15. The van der Waals surface area contributed by atoms with Gasteiger partial charge in [-0.1, -0.05) is 13.8 Å². The summed E-state index contributed by atoms with van der Waals surface area (Å²) in [6.07, 6.45) is 9.01. The number of nitrogens with zero attached hydrogens (tertiary/aromatic N) is 4. The van der Waals surface area contributed by atoms with Crippen molar-refractivity contribution in [2.75, 3.05) is 7.11 Å². The summed E-state index contributed by atoms with van der Waals surface area (Å²) in [7, 11) is 1.66. The molecule has 7 nitrogen and oxygen atoms in total. The van der Waals surface area contributed by atoms with Gasteiger partial charge in [0.25, 0.3) is 0 Å². The van der Waals surface area contributed by atoms with Crippen molar-refractivity contribution in [2.45, 2.75) is 58.0 Å². The zero-order chi connectivity index (χ0) is 21.1. The van der Waals surface area contributed by atoms with Crippen LogP contribution in [0.1, 0.15) is 62.2 Å². The number of hydrogen-bond donors (Lipinski definition) is 1. The lowest BCUT2D eigenvalue weighted by molar-refractivity contribution is -0.122. The number of hydrogen-bond acceptors (Lipinski definition) is 4. The molecule has 4 rings (SSSR count). The molecule has 3 aromatic rings. The minimum absolute atomic E-state index is 0.0144. The Hall–Kier alpha value is -3.09. The molecule has 158 valence electrons. The van der Waals surface area contributed by atoms with Gasteiger partial charge in [-0.2, -0.15) is 5.10 Å². The molecule has 0 radical (unpaired) electrons. The quantitative estimate of drug-likeness (QED) is 0.647. The molecule has 2 aromatic heterocycles. The van der Waals surface area contributed by atoms with Gasteiger partial charge < -0.3 is 14.6 Å². The van der Waals surface area contributed by atoms with E-state index in [2.05, 4.69) is 33.8 Å². The first-order valence-corrected chi connectivity index (χ1v) is 10.6. The monoisotopic (exact) mass is 407 g/mol. The highest BCUT2D eigenvalue weighted by Gasteiger charge is 2.26. The number of ether oxygens (including phenoxy) is 1. The first-order chi connectivity index (χ1) is 14.6. The lowest BCUT2D eigenvalue weighted by Crippen LogP contribution is -2.31. The molecule has 1 atom stereocenters. The van der Waals surface area contributed by atoms with Gasteiger partial charge in [0.1, 0.15) is 11.6 Å². The van der Waals surface area contributed by atoms with Gasteiger partial charge >= 0.3 is 0 Å². The third kappa shape index (κ3) is 4.10. The lowest BCUT2D eigenvalue weighted by atomic mass is 9.92. The number of carbonyl (C=O) groups is 1. The van der Waals surface area contributed by atoms with Crippen LogP contribution in [0.4, 0.5) is 0 Å². The highest BCUT2D eigenvalue weighted by atomic mass is 16.5. The Bertz CT molecular complexity index is 1000. The molecule has 0 spiro atoms. The summed E-state index contributed by atoms with van der Waals surface area (Å²) in [5.41, 5.74) is 3.30. The molecule has 2 heterocycles. The van der Waals surface area contributed by atoms with E-state index in [4.69, 9.17) is 4.74 Å². The molecule has 0 saturated carbocycles. The van der Waals surface area contributed by atoms with E-state index >= 15 is 0 Å². The van der Waals surface area contributed by atoms with E-state index in [1.165, 1.54) is 5.69 Å². The van der Waals surface area contributed by atoms with Crippen LogP contribution in [0.2, 0.25) is 0 Å². The number of aromatic nitrogens is 4. The Morgan fingerprint density at radius 3 is 2.83 bits per heavy atom. The summed E-state index contributed by atoms with van der Waals surface area (Å²) in [6.45, 7) is 4.87. The molecular formula is C23H29N5O2. The van der Waals surface area contributed by atoms with Gasteiger partial charge in [-0.15, -0.1) is 0 Å². The van der Waals surface area contributed by atoms with Gasteiger partial charge in [0, 0.05) is 42.5 Å². The van der Waals surface area contributed by atoms with Crippen molar-refractivity contribution < 1.29 is 9.53 Å². The van der Waals surface area contributed by atoms with Crippen LogP contribution in [0.3, 0.4) is 0 Å². The van der Waals surface area contributed by atoms with Crippen LogP contribution in [-0.2, 0) is 17.8 Å². The molecular weight excluding hydrogens is 378 g/mol. The number of methoxy groups -OCH3 is 1. The molecule has 1 amide bonds. The van der Waals surface area contributed by atoms with Crippen molar-refractivity contribution in [3.8, 4) is 11.4 Å². The number of amides is 1. The van der Waals surface area contributed by atoms with E-state index in [1.54, 1.807) is 13.3 Å². The first kappa shape index (κ1) is 20.2. The number of imidazole rings is 1. The van der Waals surface area contributed by atoms with Crippen molar-refractivity contribution >= 4 is 5.91 Å². The number of rotatable bonds is 7. The van der Waals surface area contributed by atoms with Crippen molar-refractivity contribution in [1.29, 1.82) is 0 Å². The van der Waals surface area contributed by atoms with E-state index in [-0.39, 0.29) is 11.9 Å². The number of nitrogens with one attached hydrogen (secondary N) is 1. The van der Waals surface area contributed by atoms with Crippen LogP contribution in [0.15, 0.2) is 42.9 Å². The normalized spacial score (nSPS) is 15.8. The Morgan fingerprint density at radius 2 is 2.10 bits per heavy atom. The molecule has 0 bridgehead atoms. The molecule has 1 N–H and O–H groups in total. The molecule has 30 heavy (non-hydrogen) atoms. The van der Waals surface area contributed by atoms with Crippen LogP contribution < -0.4 is 10.1 Å². The number of aryl methyl sites for hydroxylation is 1. The standard InChI is InChI=1S/C23H29N5O2/c1-16(2)23-24-12-14-27(23)13-11-22(29)26-20-5-4-6-21-19(20)15-25-28(21)17-7-9-18(30-3)10-8-17/h7-10,12,14-16,20H,4-6,11,13H2,1-3H3,(H,26,29)/t20-/m0/s1. The summed E-state index contributed by atoms with van der Waals surface area (Å²) in [4.78, 5) is 17.1. The van der Waals surface area contributed by atoms with E-state index in [1.807, 2.05) is 41.3 Å². The number of benzene rings is 1. The van der Waals surface area contributed by atoms with Crippen LogP contribution in [0.5, 0.6) is 5.75 Å². The summed E-state index contributed by atoms with van der Waals surface area (Å²) in [6, 6.07) is 7.90. The van der Waals surface area contributed by atoms with Crippen molar-refractivity contribution in [3.63, 3.8) is 0 Å². The van der Waals surface area contributed by atoms with Gasteiger partial charge in [-0.05, 0) is 43.5 Å². The Labute approximate surface area is 177 Å². The number of fused-ring (bicyclic) bond motifs is 1. The fourth-order valence-electron chi connectivity index (χ4n) is 4.15. The van der Waals surface area contributed by atoms with E-state index < -0.39 is 0 Å². The predicted molar refractivity (Wildman–Crippen MR) is 115 cm³/mol. The van der Waals surface area contributed by atoms with Gasteiger partial charge in [-0.3, -0.25) is 4.79 Å². The molecule has 0 fully saturated rings. The van der Waals surface area contributed by atoms with Gasteiger partial charge in [0.15, 0.2) is 0 Å². The molecule has 1 aliphatic carbocycles.